The van der Waals surface area contributed by atoms with Gasteiger partial charge >= 0.3 is 11.1 Å². The van der Waals surface area contributed by atoms with E-state index >= 15 is 0 Å². The highest BCUT2D eigenvalue weighted by Crippen LogP contribution is 2.31. The normalized spacial score (nSPS) is 14.1. The molecule has 4 rings (SSSR count). The van der Waals surface area contributed by atoms with Gasteiger partial charge in [-0.3, -0.25) is 14.4 Å². The Bertz CT molecular complexity index is 1260. The van der Waals surface area contributed by atoms with Gasteiger partial charge in [-0.2, -0.15) is 0 Å². The monoisotopic (exact) mass is 426 g/mol. The Balaban J connectivity index is 1.77. The summed E-state index contributed by atoms with van der Waals surface area (Å²) in [5.41, 5.74) is 1.83. The molecule has 0 radical (unpaired) electrons. The van der Waals surface area contributed by atoms with Crippen LogP contribution in [0.2, 0.25) is 0 Å². The van der Waals surface area contributed by atoms with Gasteiger partial charge in [0.15, 0.2) is 0 Å². The van der Waals surface area contributed by atoms with E-state index in [-0.39, 0.29) is 18.1 Å². The number of fused-ring (bicyclic) bond motifs is 1. The summed E-state index contributed by atoms with van der Waals surface area (Å²) < 4.78 is 21.2. The molecule has 1 saturated heterocycles. The number of nitrogens with one attached hydrogen (secondary N) is 1. The molecule has 9 heteroatoms. The number of aromatic nitrogens is 2. The van der Waals surface area contributed by atoms with Crippen LogP contribution in [0.25, 0.3) is 11.0 Å². The average molecular weight is 426 g/mol. The fraction of sp³-hybridized carbons (Fsp3) is 0.318. The molecule has 2 aromatic carbocycles. The first-order valence-electron chi connectivity index (χ1n) is 9.96. The quantitative estimate of drug-likeness (QED) is 0.638. The van der Waals surface area contributed by atoms with E-state index in [1.165, 1.54) is 28.3 Å². The van der Waals surface area contributed by atoms with Crippen LogP contribution in [0.4, 0.5) is 15.8 Å². The third-order valence-electron chi connectivity index (χ3n) is 5.51. The first-order chi connectivity index (χ1) is 14.8. The Hall–Kier alpha value is -3.46. The molecule has 0 bridgehead atoms. The summed E-state index contributed by atoms with van der Waals surface area (Å²) in [4.78, 5) is 39.4. The van der Waals surface area contributed by atoms with Crippen molar-refractivity contribution in [3.8, 4) is 0 Å². The highest BCUT2D eigenvalue weighted by atomic mass is 19.1. The van der Waals surface area contributed by atoms with Gasteiger partial charge in [-0.1, -0.05) is 12.1 Å². The summed E-state index contributed by atoms with van der Waals surface area (Å²) in [5, 5.41) is 2.93. The second-order valence-corrected chi connectivity index (χ2v) is 7.54. The zero-order valence-corrected chi connectivity index (χ0v) is 17.4. The molecule has 1 aromatic heterocycles. The Kier molecular flexibility index (Phi) is 5.60. The van der Waals surface area contributed by atoms with Crippen LogP contribution >= 0.6 is 0 Å². The molecule has 0 saturated carbocycles. The molecule has 1 N–H and O–H groups in total. The summed E-state index contributed by atoms with van der Waals surface area (Å²) in [6, 6.07) is 9.29. The molecule has 2 heterocycles. The molecule has 1 amide bonds. The highest BCUT2D eigenvalue weighted by Gasteiger charge is 2.20. The number of ether oxygens (including phenoxy) is 1. The largest absolute Gasteiger partial charge is 0.378 e. The fourth-order valence-electron chi connectivity index (χ4n) is 3.76. The smallest absolute Gasteiger partial charge is 0.316 e. The van der Waals surface area contributed by atoms with Crippen LogP contribution < -0.4 is 21.3 Å². The lowest BCUT2D eigenvalue weighted by Crippen LogP contribution is -2.40. The zero-order chi connectivity index (χ0) is 22.1. The summed E-state index contributed by atoms with van der Waals surface area (Å²) in [7, 11) is 3.09. The van der Waals surface area contributed by atoms with Gasteiger partial charge in [-0.25, -0.2) is 4.39 Å². The molecule has 1 aliphatic heterocycles. The van der Waals surface area contributed by atoms with Gasteiger partial charge in [0.2, 0.25) is 5.91 Å². The third-order valence-corrected chi connectivity index (χ3v) is 5.51. The molecular weight excluding hydrogens is 403 g/mol. The van der Waals surface area contributed by atoms with Gasteiger partial charge in [0.25, 0.3) is 0 Å². The minimum absolute atomic E-state index is 0.0765. The Morgan fingerprint density at radius 3 is 2.19 bits per heavy atom. The number of hydrogen-bond acceptors (Lipinski definition) is 5. The second kappa shape index (κ2) is 8.35. The molecule has 31 heavy (non-hydrogen) atoms. The predicted molar refractivity (Wildman–Crippen MR) is 116 cm³/mol. The standard InChI is InChI=1S/C22H23FN4O4/c1-25-18-12-16(24-20(28)11-14-3-5-15(23)6-4-14)17(27-7-9-31-10-8-27)13-19(18)26(2)22(30)21(25)29/h3-6,12-13H,7-11H2,1-2H3,(H,24,28). The molecule has 0 aliphatic carbocycles. The molecule has 1 fully saturated rings. The SMILES string of the molecule is Cn1c(=O)c(=O)n(C)c2cc(N3CCOCC3)c(NC(=O)Cc3ccc(F)cc3)cc21. The number of nitrogens with zero attached hydrogens (tertiary/aromatic N) is 3. The first kappa shape index (κ1) is 20.8. The second-order valence-electron chi connectivity index (χ2n) is 7.54. The molecule has 0 spiro atoms. The number of amides is 1. The number of halogens is 1. The van der Waals surface area contributed by atoms with Crippen molar-refractivity contribution in [3.63, 3.8) is 0 Å². The number of hydrogen-bond donors (Lipinski definition) is 1. The van der Waals surface area contributed by atoms with Gasteiger partial charge in [0.1, 0.15) is 5.82 Å². The third kappa shape index (κ3) is 4.09. The van der Waals surface area contributed by atoms with Crippen LogP contribution in [0, 0.1) is 5.82 Å². The molecule has 0 unspecified atom stereocenters. The van der Waals surface area contributed by atoms with E-state index < -0.39 is 11.1 Å². The summed E-state index contributed by atoms with van der Waals surface area (Å²) in [5.74, 6) is -0.630. The van der Waals surface area contributed by atoms with Crippen molar-refractivity contribution in [3.05, 3.63) is 68.5 Å². The number of rotatable bonds is 4. The van der Waals surface area contributed by atoms with Gasteiger partial charge in [0, 0.05) is 27.2 Å². The van der Waals surface area contributed by atoms with Crippen molar-refractivity contribution in [2.24, 2.45) is 14.1 Å². The van der Waals surface area contributed by atoms with E-state index in [1.807, 2.05) is 6.07 Å². The van der Waals surface area contributed by atoms with Crippen LogP contribution in [0.15, 0.2) is 46.0 Å². The topological polar surface area (TPSA) is 85.6 Å². The maximum atomic E-state index is 13.1. The number of benzene rings is 2. The molecule has 8 nitrogen and oxygen atoms in total. The maximum Gasteiger partial charge on any atom is 0.316 e. The zero-order valence-electron chi connectivity index (χ0n) is 17.4. The van der Waals surface area contributed by atoms with Gasteiger partial charge in [0.05, 0.1) is 42.0 Å². The van der Waals surface area contributed by atoms with Crippen molar-refractivity contribution in [2.45, 2.75) is 6.42 Å². The van der Waals surface area contributed by atoms with E-state index in [1.54, 1.807) is 25.2 Å². The van der Waals surface area contributed by atoms with Crippen molar-refractivity contribution in [1.29, 1.82) is 0 Å². The van der Waals surface area contributed by atoms with Crippen LogP contribution in [0.1, 0.15) is 5.56 Å². The molecule has 0 atom stereocenters. The predicted octanol–water partition coefficient (Wildman–Crippen LogP) is 1.39. The van der Waals surface area contributed by atoms with E-state index in [4.69, 9.17) is 4.74 Å². The lowest BCUT2D eigenvalue weighted by molar-refractivity contribution is -0.115. The van der Waals surface area contributed by atoms with Gasteiger partial charge in [-0.15, -0.1) is 0 Å². The highest BCUT2D eigenvalue weighted by molar-refractivity contribution is 5.99. The van der Waals surface area contributed by atoms with Crippen molar-refractivity contribution in [1.82, 2.24) is 9.13 Å². The number of carbonyl (C=O) groups excluding carboxylic acids is 1. The fourth-order valence-corrected chi connectivity index (χ4v) is 3.76. The molecule has 162 valence electrons. The van der Waals surface area contributed by atoms with E-state index in [9.17, 15) is 18.8 Å². The Morgan fingerprint density at radius 2 is 1.58 bits per heavy atom. The first-order valence-corrected chi connectivity index (χ1v) is 9.96. The number of aryl methyl sites for hydroxylation is 2. The summed E-state index contributed by atoms with van der Waals surface area (Å²) in [6.45, 7) is 2.36. The molecular formula is C22H23FN4O4. The van der Waals surface area contributed by atoms with Crippen LogP contribution in [-0.4, -0.2) is 41.3 Å². The van der Waals surface area contributed by atoms with E-state index in [2.05, 4.69) is 10.2 Å². The lowest BCUT2D eigenvalue weighted by Gasteiger charge is -2.31. The number of morpholine rings is 1. The number of carbonyl (C=O) groups is 1. The van der Waals surface area contributed by atoms with Gasteiger partial charge in [-0.05, 0) is 29.8 Å². The van der Waals surface area contributed by atoms with Crippen LogP contribution in [-0.2, 0) is 30.0 Å². The van der Waals surface area contributed by atoms with Crippen molar-refractivity contribution < 1.29 is 13.9 Å². The Morgan fingerprint density at radius 1 is 1.00 bits per heavy atom. The van der Waals surface area contributed by atoms with Gasteiger partial charge < -0.3 is 24.1 Å². The summed E-state index contributed by atoms with van der Waals surface area (Å²) >= 11 is 0. The maximum absolute atomic E-state index is 13.1. The number of anilines is 2. The van der Waals surface area contributed by atoms with Crippen molar-refractivity contribution >= 4 is 28.3 Å². The minimum atomic E-state index is -0.641. The summed E-state index contributed by atoms with van der Waals surface area (Å²) in [6.07, 6.45) is 0.0765. The van der Waals surface area contributed by atoms with E-state index in [0.29, 0.717) is 48.6 Å². The minimum Gasteiger partial charge on any atom is -0.378 e. The van der Waals surface area contributed by atoms with Crippen LogP contribution in [0.5, 0.6) is 0 Å². The van der Waals surface area contributed by atoms with E-state index in [0.717, 1.165) is 5.69 Å². The Labute approximate surface area is 177 Å². The van der Waals surface area contributed by atoms with Crippen molar-refractivity contribution in [2.75, 3.05) is 36.5 Å². The molecule has 1 aliphatic rings. The lowest BCUT2D eigenvalue weighted by atomic mass is 10.1. The molecule has 3 aromatic rings. The average Bonchev–Trinajstić information content (AvgIpc) is 2.78. The van der Waals surface area contributed by atoms with Crippen LogP contribution in [0.3, 0.4) is 0 Å².